The number of hydrogen-bond acceptors (Lipinski definition) is 3. The van der Waals surface area contributed by atoms with Crippen molar-refractivity contribution in [1.82, 2.24) is 4.90 Å². The van der Waals surface area contributed by atoms with Crippen LogP contribution in [-0.4, -0.2) is 40.9 Å². The molecule has 2 N–H and O–H groups in total. The van der Waals surface area contributed by atoms with Crippen molar-refractivity contribution in [1.29, 1.82) is 0 Å². The third-order valence-corrected chi connectivity index (χ3v) is 4.91. The molecule has 1 fully saturated rings. The molecule has 18 heavy (non-hydrogen) atoms. The monoisotopic (exact) mass is 272 g/mol. The Bertz CT molecular complexity index is 279. The minimum Gasteiger partial charge on any atom is -0.342 e. The van der Waals surface area contributed by atoms with Gasteiger partial charge in [-0.3, -0.25) is 4.79 Å². The van der Waals surface area contributed by atoms with Gasteiger partial charge in [-0.15, -0.1) is 0 Å². The van der Waals surface area contributed by atoms with Gasteiger partial charge in [0.1, 0.15) is 0 Å². The largest absolute Gasteiger partial charge is 0.342 e. The van der Waals surface area contributed by atoms with Crippen molar-refractivity contribution in [3.05, 3.63) is 0 Å². The molecule has 4 heteroatoms. The van der Waals surface area contributed by atoms with Crippen molar-refractivity contribution in [3.8, 4) is 0 Å². The molecule has 1 saturated heterocycles. The lowest BCUT2D eigenvalue weighted by molar-refractivity contribution is -0.135. The predicted molar refractivity (Wildman–Crippen MR) is 79.7 cm³/mol. The highest BCUT2D eigenvalue weighted by molar-refractivity contribution is 8.00. The number of hydrogen-bond donors (Lipinski definition) is 1. The number of amides is 1. The molecule has 1 rings (SSSR count). The first kappa shape index (κ1) is 15.8. The molecule has 0 aliphatic carbocycles. The van der Waals surface area contributed by atoms with Gasteiger partial charge < -0.3 is 10.6 Å². The van der Waals surface area contributed by atoms with Gasteiger partial charge in [0.15, 0.2) is 0 Å². The first-order chi connectivity index (χ1) is 8.35. The van der Waals surface area contributed by atoms with Gasteiger partial charge in [-0.25, -0.2) is 0 Å². The molecular weight excluding hydrogens is 244 g/mol. The third kappa shape index (κ3) is 4.81. The second kappa shape index (κ2) is 6.80. The normalized spacial score (nSPS) is 21.8. The molecule has 1 atom stereocenters. The Morgan fingerprint density at radius 3 is 2.61 bits per heavy atom. The highest BCUT2D eigenvalue weighted by Gasteiger charge is 2.29. The third-order valence-electron chi connectivity index (χ3n) is 3.54. The number of carbonyl (C=O) groups is 1. The van der Waals surface area contributed by atoms with Crippen molar-refractivity contribution in [3.63, 3.8) is 0 Å². The Balaban J connectivity index is 2.59. The number of carbonyl (C=O) groups excluding carboxylic acids is 1. The van der Waals surface area contributed by atoms with Crippen LogP contribution >= 0.6 is 11.8 Å². The Labute approximate surface area is 116 Å². The topological polar surface area (TPSA) is 46.3 Å². The van der Waals surface area contributed by atoms with Crippen LogP contribution in [0.25, 0.3) is 0 Å². The number of nitrogens with zero attached hydrogens (tertiary/aromatic N) is 1. The van der Waals surface area contributed by atoms with E-state index >= 15 is 0 Å². The van der Waals surface area contributed by atoms with Crippen molar-refractivity contribution in [2.24, 2.45) is 17.6 Å². The van der Waals surface area contributed by atoms with Crippen molar-refractivity contribution < 1.29 is 4.79 Å². The van der Waals surface area contributed by atoms with Crippen molar-refractivity contribution >= 4 is 17.7 Å². The van der Waals surface area contributed by atoms with Gasteiger partial charge in [0.05, 0.1) is 5.92 Å². The van der Waals surface area contributed by atoms with E-state index in [1.807, 2.05) is 16.7 Å². The zero-order valence-electron chi connectivity index (χ0n) is 12.2. The number of thioether (sulfide) groups is 1. The smallest absolute Gasteiger partial charge is 0.226 e. The molecule has 1 aliphatic rings. The molecule has 0 aromatic rings. The quantitative estimate of drug-likeness (QED) is 0.854. The summed E-state index contributed by atoms with van der Waals surface area (Å²) in [5.74, 6) is 1.85. The van der Waals surface area contributed by atoms with E-state index < -0.39 is 0 Å². The van der Waals surface area contributed by atoms with Gasteiger partial charge in [0, 0.05) is 30.1 Å². The SMILES string of the molecule is CC(C)CC(CN)C(=O)N1CCSC(C)(C)CC1. The summed E-state index contributed by atoms with van der Waals surface area (Å²) in [5, 5.41) is 0. The molecule has 0 aromatic carbocycles. The second-order valence-electron chi connectivity index (χ2n) is 6.25. The van der Waals surface area contributed by atoms with Crippen LogP contribution in [0.1, 0.15) is 40.5 Å². The summed E-state index contributed by atoms with van der Waals surface area (Å²) in [6.07, 6.45) is 1.98. The van der Waals surface area contributed by atoms with Gasteiger partial charge in [0.2, 0.25) is 5.91 Å². The van der Waals surface area contributed by atoms with Gasteiger partial charge in [-0.2, -0.15) is 11.8 Å². The van der Waals surface area contributed by atoms with Crippen LogP contribution in [0.4, 0.5) is 0 Å². The summed E-state index contributed by atoms with van der Waals surface area (Å²) in [7, 11) is 0. The second-order valence-corrected chi connectivity index (χ2v) is 8.05. The van der Waals surface area contributed by atoms with Gasteiger partial charge >= 0.3 is 0 Å². The summed E-state index contributed by atoms with van der Waals surface area (Å²) in [5.41, 5.74) is 5.77. The van der Waals surface area contributed by atoms with E-state index in [-0.39, 0.29) is 11.8 Å². The van der Waals surface area contributed by atoms with Crippen LogP contribution in [0.2, 0.25) is 0 Å². The molecule has 1 amide bonds. The molecule has 0 spiro atoms. The Kier molecular flexibility index (Phi) is 5.99. The zero-order chi connectivity index (χ0) is 13.8. The molecule has 3 nitrogen and oxygen atoms in total. The fourth-order valence-electron chi connectivity index (χ4n) is 2.37. The van der Waals surface area contributed by atoms with Gasteiger partial charge in [-0.05, 0) is 18.8 Å². The molecule has 0 saturated carbocycles. The Morgan fingerprint density at radius 2 is 2.06 bits per heavy atom. The van der Waals surface area contributed by atoms with Crippen molar-refractivity contribution in [2.75, 3.05) is 25.4 Å². The summed E-state index contributed by atoms with van der Waals surface area (Å²) in [4.78, 5) is 14.5. The van der Waals surface area contributed by atoms with Crippen LogP contribution in [0.15, 0.2) is 0 Å². The minimum absolute atomic E-state index is 0.0104. The predicted octanol–water partition coefficient (Wildman–Crippen LogP) is 2.35. The highest BCUT2D eigenvalue weighted by Crippen LogP contribution is 2.31. The van der Waals surface area contributed by atoms with Crippen LogP contribution < -0.4 is 5.73 Å². The molecule has 1 heterocycles. The van der Waals surface area contributed by atoms with E-state index in [9.17, 15) is 4.79 Å². The maximum absolute atomic E-state index is 12.5. The van der Waals surface area contributed by atoms with Crippen LogP contribution in [0, 0.1) is 11.8 Å². The summed E-state index contributed by atoms with van der Waals surface area (Å²) in [6, 6.07) is 0. The molecule has 0 radical (unpaired) electrons. The fraction of sp³-hybridized carbons (Fsp3) is 0.929. The van der Waals surface area contributed by atoms with E-state index in [1.54, 1.807) is 0 Å². The van der Waals surface area contributed by atoms with Gasteiger partial charge in [-0.1, -0.05) is 27.7 Å². The fourth-order valence-corrected chi connectivity index (χ4v) is 3.47. The van der Waals surface area contributed by atoms with E-state index in [0.29, 0.717) is 17.2 Å². The van der Waals surface area contributed by atoms with E-state index in [2.05, 4.69) is 27.7 Å². The average molecular weight is 272 g/mol. The first-order valence-corrected chi connectivity index (χ1v) is 7.97. The summed E-state index contributed by atoms with van der Waals surface area (Å²) >= 11 is 1.97. The van der Waals surface area contributed by atoms with Gasteiger partial charge in [0.25, 0.3) is 0 Å². The lowest BCUT2D eigenvalue weighted by Gasteiger charge is -2.27. The molecule has 1 aliphatic heterocycles. The maximum Gasteiger partial charge on any atom is 0.226 e. The van der Waals surface area contributed by atoms with E-state index in [1.165, 1.54) is 0 Å². The summed E-state index contributed by atoms with van der Waals surface area (Å²) < 4.78 is 0.297. The number of nitrogens with two attached hydrogens (primary N) is 1. The average Bonchev–Trinajstić information content (AvgIpc) is 2.46. The number of rotatable bonds is 4. The van der Waals surface area contributed by atoms with E-state index in [0.717, 1.165) is 31.7 Å². The zero-order valence-corrected chi connectivity index (χ0v) is 13.1. The standard InChI is InChI=1S/C14H28N2OS/c1-11(2)9-12(10-15)13(17)16-6-5-14(3,4)18-8-7-16/h11-12H,5-10,15H2,1-4H3. The Morgan fingerprint density at radius 1 is 1.39 bits per heavy atom. The Hall–Kier alpha value is -0.220. The maximum atomic E-state index is 12.5. The molecule has 0 aromatic heterocycles. The highest BCUT2D eigenvalue weighted by atomic mass is 32.2. The minimum atomic E-state index is 0.0104. The molecule has 0 bridgehead atoms. The van der Waals surface area contributed by atoms with Crippen LogP contribution in [-0.2, 0) is 4.79 Å². The molecule has 1 unspecified atom stereocenters. The van der Waals surface area contributed by atoms with Crippen molar-refractivity contribution in [2.45, 2.75) is 45.3 Å². The lowest BCUT2D eigenvalue weighted by atomic mass is 9.95. The molecular formula is C14H28N2OS. The molecule has 106 valence electrons. The van der Waals surface area contributed by atoms with Crippen LogP contribution in [0.5, 0.6) is 0 Å². The summed E-state index contributed by atoms with van der Waals surface area (Å²) in [6.45, 7) is 11.1. The first-order valence-electron chi connectivity index (χ1n) is 6.98. The van der Waals surface area contributed by atoms with E-state index in [4.69, 9.17) is 5.73 Å². The van der Waals surface area contributed by atoms with Crippen LogP contribution in [0.3, 0.4) is 0 Å². The lowest BCUT2D eigenvalue weighted by Crippen LogP contribution is -2.41.